The van der Waals surface area contributed by atoms with Crippen LogP contribution >= 0.6 is 0 Å². The van der Waals surface area contributed by atoms with E-state index in [0.717, 1.165) is 4.31 Å². The van der Waals surface area contributed by atoms with Gasteiger partial charge >= 0.3 is 0 Å². The summed E-state index contributed by atoms with van der Waals surface area (Å²) >= 11 is 0. The van der Waals surface area contributed by atoms with Crippen LogP contribution in [0.5, 0.6) is 0 Å². The minimum atomic E-state index is -3.73. The zero-order valence-corrected chi connectivity index (χ0v) is 15.5. The smallest absolute Gasteiger partial charge is 0.251 e. The molecule has 0 bridgehead atoms. The van der Waals surface area contributed by atoms with Gasteiger partial charge in [0.1, 0.15) is 5.82 Å². The first-order valence-electron chi connectivity index (χ1n) is 8.48. The van der Waals surface area contributed by atoms with E-state index in [9.17, 15) is 22.4 Å². The van der Waals surface area contributed by atoms with E-state index >= 15 is 0 Å². The summed E-state index contributed by atoms with van der Waals surface area (Å²) in [7, 11) is -3.73. The summed E-state index contributed by atoms with van der Waals surface area (Å²) in [6.45, 7) is 1.78. The first kappa shape index (κ1) is 19.0. The van der Waals surface area contributed by atoms with E-state index in [4.69, 9.17) is 0 Å². The van der Waals surface area contributed by atoms with Gasteiger partial charge in [0.25, 0.3) is 5.91 Å². The van der Waals surface area contributed by atoms with Crippen molar-refractivity contribution in [2.24, 2.45) is 5.92 Å². The molecule has 1 N–H and O–H groups in total. The molecule has 1 aliphatic heterocycles. The van der Waals surface area contributed by atoms with Crippen LogP contribution in [0, 0.1) is 11.7 Å². The number of nitrogens with zero attached hydrogens (tertiary/aromatic N) is 1. The van der Waals surface area contributed by atoms with Crippen LogP contribution in [0.25, 0.3) is 0 Å². The van der Waals surface area contributed by atoms with Crippen LogP contribution in [0.2, 0.25) is 0 Å². The molecule has 0 radical (unpaired) electrons. The van der Waals surface area contributed by atoms with Gasteiger partial charge < -0.3 is 5.32 Å². The van der Waals surface area contributed by atoms with Gasteiger partial charge in [0.05, 0.1) is 17.4 Å². The summed E-state index contributed by atoms with van der Waals surface area (Å²) in [6, 6.07) is 12.2. The van der Waals surface area contributed by atoms with E-state index in [0.29, 0.717) is 12.0 Å². The van der Waals surface area contributed by atoms with Crippen molar-refractivity contribution < 1.29 is 22.4 Å². The van der Waals surface area contributed by atoms with E-state index in [1.54, 1.807) is 25.1 Å². The largest absolute Gasteiger partial charge is 0.352 e. The van der Waals surface area contributed by atoms with Crippen LogP contribution in [0.3, 0.4) is 0 Å². The molecule has 1 aliphatic rings. The number of hydrogen-bond donors (Lipinski definition) is 1. The van der Waals surface area contributed by atoms with Crippen LogP contribution in [0.15, 0.2) is 48.5 Å². The Kier molecular flexibility index (Phi) is 5.27. The highest BCUT2D eigenvalue weighted by atomic mass is 32.2. The topological polar surface area (TPSA) is 83.6 Å². The maximum Gasteiger partial charge on any atom is 0.251 e. The van der Waals surface area contributed by atoms with E-state index in [1.165, 1.54) is 30.3 Å². The summed E-state index contributed by atoms with van der Waals surface area (Å²) in [5, 5.41) is 2.67. The monoisotopic (exact) mass is 390 g/mol. The molecule has 0 aromatic heterocycles. The van der Waals surface area contributed by atoms with Crippen molar-refractivity contribution >= 4 is 27.5 Å². The Balaban J connectivity index is 1.71. The number of halogens is 1. The lowest BCUT2D eigenvalue weighted by atomic mass is 10.1. The molecule has 2 amide bonds. The van der Waals surface area contributed by atoms with Crippen LogP contribution in [0.4, 0.5) is 10.1 Å². The number of carbonyl (C=O) groups is 2. The fraction of sp³-hybridized carbons (Fsp3) is 0.263. The van der Waals surface area contributed by atoms with Crippen molar-refractivity contribution in [1.29, 1.82) is 0 Å². The third kappa shape index (κ3) is 4.00. The molecule has 1 saturated heterocycles. The molecule has 1 heterocycles. The van der Waals surface area contributed by atoms with Crippen LogP contribution in [0.1, 0.15) is 22.8 Å². The number of anilines is 1. The van der Waals surface area contributed by atoms with Gasteiger partial charge in [0.2, 0.25) is 15.9 Å². The molecule has 2 aromatic rings. The Bertz CT molecular complexity index is 991. The maximum atomic E-state index is 13.6. The fourth-order valence-electron chi connectivity index (χ4n) is 2.97. The molecule has 0 aliphatic carbocycles. The molecule has 0 saturated carbocycles. The minimum absolute atomic E-state index is 0.145. The van der Waals surface area contributed by atoms with Crippen molar-refractivity contribution in [3.8, 4) is 0 Å². The van der Waals surface area contributed by atoms with Crippen LogP contribution in [-0.2, 0) is 21.2 Å². The third-order valence-corrected chi connectivity index (χ3v) is 6.21. The molecular formula is C19H19FN2O4S. The van der Waals surface area contributed by atoms with Gasteiger partial charge in [-0.3, -0.25) is 9.59 Å². The van der Waals surface area contributed by atoms with Gasteiger partial charge in [0.15, 0.2) is 0 Å². The van der Waals surface area contributed by atoms with E-state index in [2.05, 4.69) is 5.32 Å². The first-order valence-corrected chi connectivity index (χ1v) is 10.1. The summed E-state index contributed by atoms with van der Waals surface area (Å²) in [4.78, 5) is 24.5. The molecule has 8 heteroatoms. The summed E-state index contributed by atoms with van der Waals surface area (Å²) in [5.74, 6) is -2.13. The van der Waals surface area contributed by atoms with Crippen molar-refractivity contribution in [2.75, 3.05) is 16.6 Å². The maximum absolute atomic E-state index is 13.6. The average molecular weight is 390 g/mol. The van der Waals surface area contributed by atoms with Crippen molar-refractivity contribution in [1.82, 2.24) is 5.32 Å². The molecule has 0 unspecified atom stereocenters. The number of benzene rings is 2. The number of amides is 2. The molecule has 1 fully saturated rings. The molecule has 6 nitrogen and oxygen atoms in total. The Morgan fingerprint density at radius 1 is 1.22 bits per heavy atom. The molecule has 2 aromatic carbocycles. The Labute approximate surface area is 157 Å². The number of nitrogens with one attached hydrogen (secondary N) is 1. The summed E-state index contributed by atoms with van der Waals surface area (Å²) < 4.78 is 38.7. The second-order valence-electron chi connectivity index (χ2n) is 6.43. The predicted molar refractivity (Wildman–Crippen MR) is 99.3 cm³/mol. The summed E-state index contributed by atoms with van der Waals surface area (Å²) in [6.07, 6.45) is 0.328. The molecule has 3 rings (SSSR count). The molecular weight excluding hydrogens is 371 g/mol. The Morgan fingerprint density at radius 2 is 1.96 bits per heavy atom. The van der Waals surface area contributed by atoms with Crippen LogP contribution in [-0.4, -0.2) is 32.5 Å². The standard InChI is InChI=1S/C19H19FN2O4S/c1-13-12-27(25,26)22(19(13)24)16-7-4-6-15(11-16)18(23)21-10-9-14-5-2-3-8-17(14)20/h2-8,11,13H,9-10,12H2,1H3,(H,21,23)/t13-/m1/s1. The number of carbonyl (C=O) groups excluding carboxylic acids is 2. The SMILES string of the molecule is C[C@@H]1CS(=O)(=O)N(c2cccc(C(=O)NCCc3ccccc3F)c2)C1=O. The fourth-order valence-corrected chi connectivity index (χ4v) is 4.79. The Morgan fingerprint density at radius 3 is 2.63 bits per heavy atom. The normalized spacial score (nSPS) is 18.5. The lowest BCUT2D eigenvalue weighted by molar-refractivity contribution is -0.119. The second kappa shape index (κ2) is 7.48. The number of rotatable bonds is 5. The van der Waals surface area contributed by atoms with Gasteiger partial charge in [-0.2, -0.15) is 0 Å². The van der Waals surface area contributed by atoms with Crippen molar-refractivity contribution in [2.45, 2.75) is 13.3 Å². The molecule has 27 heavy (non-hydrogen) atoms. The summed E-state index contributed by atoms with van der Waals surface area (Å²) in [5.41, 5.74) is 0.865. The van der Waals surface area contributed by atoms with Crippen molar-refractivity contribution in [3.63, 3.8) is 0 Å². The number of sulfonamides is 1. The van der Waals surface area contributed by atoms with Gasteiger partial charge in [-0.25, -0.2) is 17.1 Å². The highest BCUT2D eigenvalue weighted by molar-refractivity contribution is 7.94. The van der Waals surface area contributed by atoms with E-state index < -0.39 is 27.8 Å². The minimum Gasteiger partial charge on any atom is -0.352 e. The second-order valence-corrected chi connectivity index (χ2v) is 8.29. The Hall–Kier alpha value is -2.74. The van der Waals surface area contributed by atoms with Gasteiger partial charge in [-0.05, 0) is 36.2 Å². The highest BCUT2D eigenvalue weighted by Crippen LogP contribution is 2.28. The predicted octanol–water partition coefficient (Wildman–Crippen LogP) is 2.11. The third-order valence-electron chi connectivity index (χ3n) is 4.34. The van der Waals surface area contributed by atoms with E-state index in [1.807, 2.05) is 0 Å². The lowest BCUT2D eigenvalue weighted by Crippen LogP contribution is -2.31. The highest BCUT2D eigenvalue weighted by Gasteiger charge is 2.42. The van der Waals surface area contributed by atoms with Gasteiger partial charge in [-0.15, -0.1) is 0 Å². The quantitative estimate of drug-likeness (QED) is 0.848. The molecule has 1 atom stereocenters. The van der Waals surface area contributed by atoms with Crippen molar-refractivity contribution in [3.05, 3.63) is 65.5 Å². The average Bonchev–Trinajstić information content (AvgIpc) is 2.83. The molecule has 0 spiro atoms. The first-order chi connectivity index (χ1) is 12.8. The van der Waals surface area contributed by atoms with E-state index in [-0.39, 0.29) is 29.4 Å². The molecule has 142 valence electrons. The van der Waals surface area contributed by atoms with Gasteiger partial charge in [0, 0.05) is 12.1 Å². The van der Waals surface area contributed by atoms with Crippen LogP contribution < -0.4 is 9.62 Å². The lowest BCUT2D eigenvalue weighted by Gasteiger charge is -2.16. The zero-order chi connectivity index (χ0) is 19.6. The number of hydrogen-bond acceptors (Lipinski definition) is 4. The van der Waals surface area contributed by atoms with Gasteiger partial charge in [-0.1, -0.05) is 31.2 Å². The zero-order valence-electron chi connectivity index (χ0n) is 14.7.